The molecule has 3 rings (SSSR count). The van der Waals surface area contributed by atoms with Crippen LogP contribution in [0.1, 0.15) is 32.1 Å². The zero-order valence-electron chi connectivity index (χ0n) is 18.5. The molecule has 0 aromatic heterocycles. The highest BCUT2D eigenvalue weighted by Gasteiger charge is 2.36. The molecule has 0 bridgehead atoms. The molecule has 1 saturated carbocycles. The summed E-state index contributed by atoms with van der Waals surface area (Å²) in [4.78, 5) is 21.2. The first-order chi connectivity index (χ1) is 14.7. The lowest BCUT2D eigenvalue weighted by molar-refractivity contribution is -0.131. The number of amides is 1. The van der Waals surface area contributed by atoms with Crippen molar-refractivity contribution in [1.29, 1.82) is 0 Å². The third kappa shape index (κ3) is 6.11. The molecule has 1 amide bonds. The third-order valence-electron chi connectivity index (χ3n) is 6.49. The van der Waals surface area contributed by atoms with Crippen LogP contribution in [-0.4, -0.2) is 76.8 Å². The fourth-order valence-corrected chi connectivity index (χ4v) is 4.30. The number of hydrogen-bond donors (Lipinski definition) is 2. The number of nitrogens with zero attached hydrogens (tertiary/aromatic N) is 3. The minimum absolute atomic E-state index is 0.209. The Hall–Kier alpha value is -2.28. The van der Waals surface area contributed by atoms with Crippen LogP contribution in [0.4, 0.5) is 5.69 Å². The Labute approximate surface area is 180 Å². The Bertz CT molecular complexity index is 682. The molecular formula is C23H37N5O2. The van der Waals surface area contributed by atoms with Gasteiger partial charge < -0.3 is 25.2 Å². The highest BCUT2D eigenvalue weighted by Crippen LogP contribution is 2.43. The van der Waals surface area contributed by atoms with Gasteiger partial charge in [-0.1, -0.05) is 24.6 Å². The standard InChI is InChI=1S/C23H37N5O2/c1-24-22(26-19-23(10-6-11-23)12-18-30-2)25-13-9-21(29)28-16-14-27(15-17-28)20-7-4-3-5-8-20/h3-5,7-8H,6,9-19H2,1-2H3,(H2,24,25,26). The quantitative estimate of drug-likeness (QED) is 0.478. The van der Waals surface area contributed by atoms with Crippen LogP contribution in [0.15, 0.2) is 35.3 Å². The van der Waals surface area contributed by atoms with Crippen LogP contribution in [0.5, 0.6) is 0 Å². The lowest BCUT2D eigenvalue weighted by Gasteiger charge is -2.42. The number of piperazine rings is 1. The molecule has 0 unspecified atom stereocenters. The van der Waals surface area contributed by atoms with Crippen molar-refractivity contribution < 1.29 is 9.53 Å². The zero-order chi connectivity index (χ0) is 21.2. The molecule has 1 saturated heterocycles. The van der Waals surface area contributed by atoms with E-state index in [4.69, 9.17) is 4.74 Å². The first kappa shape index (κ1) is 22.4. The molecule has 0 spiro atoms. The number of guanidine groups is 1. The number of hydrogen-bond acceptors (Lipinski definition) is 4. The number of rotatable bonds is 9. The van der Waals surface area contributed by atoms with Gasteiger partial charge in [-0.15, -0.1) is 0 Å². The van der Waals surface area contributed by atoms with Gasteiger partial charge >= 0.3 is 0 Å². The Kier molecular flexibility index (Phi) is 8.37. The Morgan fingerprint density at radius 3 is 2.47 bits per heavy atom. The topological polar surface area (TPSA) is 69.2 Å². The summed E-state index contributed by atoms with van der Waals surface area (Å²) < 4.78 is 5.27. The number of aliphatic imine (C=N–C) groups is 1. The van der Waals surface area contributed by atoms with E-state index in [-0.39, 0.29) is 5.91 Å². The Morgan fingerprint density at radius 1 is 1.13 bits per heavy atom. The molecule has 30 heavy (non-hydrogen) atoms. The van der Waals surface area contributed by atoms with E-state index in [9.17, 15) is 4.79 Å². The molecule has 2 N–H and O–H groups in total. The maximum Gasteiger partial charge on any atom is 0.224 e. The second kappa shape index (κ2) is 11.2. The lowest BCUT2D eigenvalue weighted by atomic mass is 9.67. The predicted molar refractivity (Wildman–Crippen MR) is 122 cm³/mol. The number of nitrogens with one attached hydrogen (secondary N) is 2. The number of anilines is 1. The van der Waals surface area contributed by atoms with Crippen LogP contribution in [-0.2, 0) is 9.53 Å². The number of carbonyl (C=O) groups is 1. The molecule has 2 fully saturated rings. The molecule has 7 nitrogen and oxygen atoms in total. The van der Waals surface area contributed by atoms with E-state index in [1.165, 1.54) is 24.9 Å². The fourth-order valence-electron chi connectivity index (χ4n) is 4.30. The normalized spacial score (nSPS) is 18.7. The zero-order valence-corrected chi connectivity index (χ0v) is 18.5. The van der Waals surface area contributed by atoms with Gasteiger partial charge in [-0.2, -0.15) is 0 Å². The van der Waals surface area contributed by atoms with Crippen molar-refractivity contribution in [2.45, 2.75) is 32.1 Å². The van der Waals surface area contributed by atoms with Crippen molar-refractivity contribution in [3.63, 3.8) is 0 Å². The van der Waals surface area contributed by atoms with Gasteiger partial charge in [0.2, 0.25) is 5.91 Å². The maximum atomic E-state index is 12.6. The Morgan fingerprint density at radius 2 is 1.87 bits per heavy atom. The highest BCUT2D eigenvalue weighted by atomic mass is 16.5. The minimum atomic E-state index is 0.209. The summed E-state index contributed by atoms with van der Waals surface area (Å²) in [6.45, 7) is 5.64. The van der Waals surface area contributed by atoms with Crippen LogP contribution in [0, 0.1) is 5.41 Å². The average Bonchev–Trinajstić information content (AvgIpc) is 2.77. The van der Waals surface area contributed by atoms with Gasteiger partial charge in [0.05, 0.1) is 0 Å². The van der Waals surface area contributed by atoms with Gasteiger partial charge in [-0.05, 0) is 36.8 Å². The summed E-state index contributed by atoms with van der Waals surface area (Å²) >= 11 is 0. The predicted octanol–water partition coefficient (Wildman–Crippen LogP) is 2.10. The van der Waals surface area contributed by atoms with E-state index in [0.29, 0.717) is 18.4 Å². The molecule has 7 heteroatoms. The number of methoxy groups -OCH3 is 1. The molecule has 1 aromatic rings. The summed E-state index contributed by atoms with van der Waals surface area (Å²) in [5.41, 5.74) is 1.57. The summed E-state index contributed by atoms with van der Waals surface area (Å²) in [5, 5.41) is 6.75. The Balaban J connectivity index is 1.34. The van der Waals surface area contributed by atoms with Gasteiger partial charge in [0, 0.05) is 72.1 Å². The number of benzene rings is 1. The van der Waals surface area contributed by atoms with Gasteiger partial charge in [0.25, 0.3) is 0 Å². The van der Waals surface area contributed by atoms with E-state index >= 15 is 0 Å². The summed E-state index contributed by atoms with van der Waals surface area (Å²) in [5.74, 6) is 0.988. The van der Waals surface area contributed by atoms with E-state index in [2.05, 4.69) is 44.8 Å². The van der Waals surface area contributed by atoms with Crippen LogP contribution in [0.2, 0.25) is 0 Å². The van der Waals surface area contributed by atoms with Gasteiger partial charge in [0.15, 0.2) is 5.96 Å². The highest BCUT2D eigenvalue weighted by molar-refractivity contribution is 5.81. The average molecular weight is 416 g/mol. The molecule has 0 atom stereocenters. The van der Waals surface area contributed by atoms with Crippen LogP contribution in [0.25, 0.3) is 0 Å². The molecule has 1 aliphatic carbocycles. The van der Waals surface area contributed by atoms with E-state index in [1.54, 1.807) is 14.2 Å². The van der Waals surface area contributed by atoms with E-state index in [1.807, 2.05) is 11.0 Å². The van der Waals surface area contributed by atoms with Crippen molar-refractivity contribution >= 4 is 17.6 Å². The second-order valence-electron chi connectivity index (χ2n) is 8.40. The van der Waals surface area contributed by atoms with Crippen LogP contribution in [0.3, 0.4) is 0 Å². The lowest BCUT2D eigenvalue weighted by Crippen LogP contribution is -2.50. The van der Waals surface area contributed by atoms with Crippen LogP contribution < -0.4 is 15.5 Å². The van der Waals surface area contributed by atoms with Crippen molar-refractivity contribution in [2.24, 2.45) is 10.4 Å². The number of ether oxygens (including phenoxy) is 1. The van der Waals surface area contributed by atoms with Gasteiger partial charge in [-0.3, -0.25) is 9.79 Å². The van der Waals surface area contributed by atoms with Crippen LogP contribution >= 0.6 is 0 Å². The first-order valence-corrected chi connectivity index (χ1v) is 11.2. The van der Waals surface area contributed by atoms with Crippen molar-refractivity contribution in [3.05, 3.63) is 30.3 Å². The minimum Gasteiger partial charge on any atom is -0.385 e. The monoisotopic (exact) mass is 415 g/mol. The third-order valence-corrected chi connectivity index (χ3v) is 6.49. The molecule has 1 heterocycles. The second-order valence-corrected chi connectivity index (χ2v) is 8.40. The van der Waals surface area contributed by atoms with Gasteiger partial charge in [0.1, 0.15) is 0 Å². The molecule has 1 aliphatic heterocycles. The summed E-state index contributed by atoms with van der Waals surface area (Å²) in [7, 11) is 3.54. The summed E-state index contributed by atoms with van der Waals surface area (Å²) in [6, 6.07) is 10.4. The fraction of sp³-hybridized carbons (Fsp3) is 0.652. The molecule has 0 radical (unpaired) electrons. The van der Waals surface area contributed by atoms with Crippen molar-refractivity contribution in [1.82, 2.24) is 15.5 Å². The van der Waals surface area contributed by atoms with Crippen molar-refractivity contribution in [3.8, 4) is 0 Å². The molecule has 2 aliphatic rings. The SMILES string of the molecule is CN=C(NCCC(=O)N1CCN(c2ccccc2)CC1)NCC1(CCOC)CCC1. The van der Waals surface area contributed by atoms with Gasteiger partial charge in [-0.25, -0.2) is 0 Å². The molecular weight excluding hydrogens is 378 g/mol. The number of carbonyl (C=O) groups excluding carboxylic acids is 1. The smallest absolute Gasteiger partial charge is 0.224 e. The van der Waals surface area contributed by atoms with E-state index in [0.717, 1.165) is 51.7 Å². The largest absolute Gasteiger partial charge is 0.385 e. The first-order valence-electron chi connectivity index (χ1n) is 11.2. The molecule has 1 aromatic carbocycles. The summed E-state index contributed by atoms with van der Waals surface area (Å²) in [6.07, 6.45) is 5.35. The van der Waals surface area contributed by atoms with E-state index < -0.39 is 0 Å². The maximum absolute atomic E-state index is 12.6. The number of para-hydroxylation sites is 1. The molecule has 166 valence electrons. The van der Waals surface area contributed by atoms with Crippen molar-refractivity contribution in [2.75, 3.05) is 64.9 Å².